The molecule has 6 rings (SSSR count). The maximum atomic E-state index is 12.4. The molecule has 6 nitrogen and oxygen atoms in total. The number of hydrogen-bond acceptors (Lipinski definition) is 4. The van der Waals surface area contributed by atoms with Crippen molar-refractivity contribution in [2.75, 3.05) is 0 Å². The van der Waals surface area contributed by atoms with Crippen LogP contribution in [0.1, 0.15) is 32.1 Å². The summed E-state index contributed by atoms with van der Waals surface area (Å²) in [5, 5.41) is 8.62. The summed E-state index contributed by atoms with van der Waals surface area (Å²) in [7, 11) is 0. The van der Waals surface area contributed by atoms with Gasteiger partial charge in [-0.3, -0.25) is 9.59 Å². The van der Waals surface area contributed by atoms with Gasteiger partial charge >= 0.3 is 0 Å². The number of hydrazone groups is 2. The Balaban J connectivity index is 1.79. The van der Waals surface area contributed by atoms with E-state index < -0.39 is 10.8 Å². The van der Waals surface area contributed by atoms with E-state index in [-0.39, 0.29) is 23.7 Å². The molecule has 98 valence electrons. The lowest BCUT2D eigenvalue weighted by Crippen LogP contribution is -2.59. The molecule has 19 heavy (non-hydrogen) atoms. The highest BCUT2D eigenvalue weighted by molar-refractivity contribution is 6.22. The van der Waals surface area contributed by atoms with Crippen LogP contribution in [-0.4, -0.2) is 23.2 Å². The van der Waals surface area contributed by atoms with Crippen LogP contribution in [0.3, 0.4) is 0 Å². The van der Waals surface area contributed by atoms with Crippen molar-refractivity contribution in [3.63, 3.8) is 0 Å². The number of nitrogens with zero attached hydrogens (tertiary/aromatic N) is 2. The van der Waals surface area contributed by atoms with Crippen molar-refractivity contribution >= 4 is 23.2 Å². The highest BCUT2D eigenvalue weighted by Crippen LogP contribution is 2.62. The molecular weight excluding hydrogens is 244 g/mol. The number of fused-ring (bicyclic) bond motifs is 1. The minimum absolute atomic E-state index is 0.00257. The first-order chi connectivity index (χ1) is 9.16. The summed E-state index contributed by atoms with van der Waals surface area (Å²) >= 11 is 0. The van der Waals surface area contributed by atoms with E-state index in [9.17, 15) is 9.59 Å². The van der Waals surface area contributed by atoms with E-state index in [1.807, 2.05) is 0 Å². The minimum Gasteiger partial charge on any atom is -0.272 e. The van der Waals surface area contributed by atoms with Crippen molar-refractivity contribution < 1.29 is 9.59 Å². The number of carbonyl (C=O) groups excluding carboxylic acids is 2. The van der Waals surface area contributed by atoms with Crippen LogP contribution in [0.15, 0.2) is 10.2 Å². The number of amides is 2. The molecule has 4 aliphatic carbocycles. The third-order valence-electron chi connectivity index (χ3n) is 5.84. The molecule has 4 atom stereocenters. The summed E-state index contributed by atoms with van der Waals surface area (Å²) in [6.45, 7) is 0. The monoisotopic (exact) mass is 258 g/mol. The highest BCUT2D eigenvalue weighted by Gasteiger charge is 2.69. The minimum atomic E-state index is -0.523. The van der Waals surface area contributed by atoms with Crippen LogP contribution in [0.2, 0.25) is 0 Å². The summed E-state index contributed by atoms with van der Waals surface area (Å²) in [6.07, 6.45) is 4.18. The Hall–Kier alpha value is -1.72. The van der Waals surface area contributed by atoms with Gasteiger partial charge in [0.15, 0.2) is 0 Å². The average molecular weight is 258 g/mol. The molecule has 2 N–H and O–H groups in total. The first-order valence-electron chi connectivity index (χ1n) is 6.93. The summed E-state index contributed by atoms with van der Waals surface area (Å²) in [5.41, 5.74) is 6.31. The van der Waals surface area contributed by atoms with Gasteiger partial charge in [0.25, 0.3) is 11.8 Å². The molecule has 0 radical (unpaired) electrons. The Morgan fingerprint density at radius 2 is 1.37 bits per heavy atom. The van der Waals surface area contributed by atoms with Gasteiger partial charge in [-0.25, -0.2) is 10.9 Å². The highest BCUT2D eigenvalue weighted by atomic mass is 16.2. The van der Waals surface area contributed by atoms with E-state index in [1.54, 1.807) is 0 Å². The van der Waals surface area contributed by atoms with E-state index in [4.69, 9.17) is 0 Å². The van der Waals surface area contributed by atoms with Gasteiger partial charge in [0.05, 0.1) is 22.3 Å². The van der Waals surface area contributed by atoms with E-state index >= 15 is 0 Å². The molecule has 4 saturated carbocycles. The summed E-state index contributed by atoms with van der Waals surface area (Å²) in [6, 6.07) is 0. The predicted molar refractivity (Wildman–Crippen MR) is 66.1 cm³/mol. The molecule has 0 aromatic heterocycles. The molecule has 2 heterocycles. The first kappa shape index (κ1) is 10.1. The SMILES string of the molecule is O=C1NN=C2[C@H]3CC[C@H]4C[C@]12C[C@]1(C3)C(=O)NN=C41. The quantitative estimate of drug-likeness (QED) is 0.648. The lowest BCUT2D eigenvalue weighted by Gasteiger charge is -2.49. The van der Waals surface area contributed by atoms with Gasteiger partial charge in [0.2, 0.25) is 0 Å². The summed E-state index contributed by atoms with van der Waals surface area (Å²) in [4.78, 5) is 24.7. The number of carbonyl (C=O) groups is 2. The molecule has 0 aromatic rings. The second kappa shape index (κ2) is 2.73. The fourth-order valence-corrected chi connectivity index (χ4v) is 5.16. The van der Waals surface area contributed by atoms with Crippen LogP contribution >= 0.6 is 0 Å². The lowest BCUT2D eigenvalue weighted by molar-refractivity contribution is -0.134. The molecule has 0 aromatic carbocycles. The number of nitrogens with one attached hydrogen (secondary N) is 2. The molecule has 6 aliphatic rings. The molecule has 0 unspecified atom stereocenters. The van der Waals surface area contributed by atoms with E-state index in [2.05, 4.69) is 21.1 Å². The van der Waals surface area contributed by atoms with Crippen LogP contribution < -0.4 is 10.9 Å². The van der Waals surface area contributed by atoms with Crippen molar-refractivity contribution in [3.8, 4) is 0 Å². The molecule has 0 saturated heterocycles. The number of rotatable bonds is 0. The van der Waals surface area contributed by atoms with E-state index in [0.29, 0.717) is 6.42 Å². The topological polar surface area (TPSA) is 82.9 Å². The average Bonchev–Trinajstić information content (AvgIpc) is 2.80. The predicted octanol–water partition coefficient (Wildman–Crippen LogP) is 0.154. The Bertz CT molecular complexity index is 558. The van der Waals surface area contributed by atoms with Gasteiger partial charge in [-0.2, -0.15) is 10.2 Å². The third kappa shape index (κ3) is 0.884. The van der Waals surface area contributed by atoms with Crippen molar-refractivity contribution in [1.82, 2.24) is 10.9 Å². The maximum absolute atomic E-state index is 12.4. The molecule has 4 fully saturated rings. The fraction of sp³-hybridized carbons (Fsp3) is 0.692. The second-order valence-electron chi connectivity index (χ2n) is 6.60. The second-order valence-corrected chi connectivity index (χ2v) is 6.60. The Morgan fingerprint density at radius 3 is 1.84 bits per heavy atom. The van der Waals surface area contributed by atoms with Gasteiger partial charge in [-0.1, -0.05) is 0 Å². The third-order valence-corrected chi connectivity index (χ3v) is 5.84. The van der Waals surface area contributed by atoms with E-state index in [1.165, 1.54) is 0 Å². The van der Waals surface area contributed by atoms with Gasteiger partial charge < -0.3 is 0 Å². The zero-order chi connectivity index (χ0) is 12.8. The van der Waals surface area contributed by atoms with Gasteiger partial charge in [0.1, 0.15) is 0 Å². The molecule has 2 spiro atoms. The molecule has 2 aliphatic heterocycles. The van der Waals surface area contributed by atoms with Gasteiger partial charge in [-0.05, 0) is 32.1 Å². The van der Waals surface area contributed by atoms with Crippen LogP contribution in [-0.2, 0) is 9.59 Å². The summed E-state index contributed by atoms with van der Waals surface area (Å²) in [5.74, 6) is 0.512. The van der Waals surface area contributed by atoms with Gasteiger partial charge in [0, 0.05) is 11.8 Å². The van der Waals surface area contributed by atoms with E-state index in [0.717, 1.165) is 37.1 Å². The molecule has 2 amide bonds. The Labute approximate surface area is 109 Å². The molecular formula is C13H14N4O2. The van der Waals surface area contributed by atoms with Crippen molar-refractivity contribution in [1.29, 1.82) is 0 Å². The Kier molecular flexibility index (Phi) is 1.46. The van der Waals surface area contributed by atoms with Crippen LogP contribution in [0.4, 0.5) is 0 Å². The zero-order valence-corrected chi connectivity index (χ0v) is 10.4. The lowest BCUT2D eigenvalue weighted by atomic mass is 9.50. The maximum Gasteiger partial charge on any atom is 0.252 e. The smallest absolute Gasteiger partial charge is 0.252 e. The number of hydrogen-bond donors (Lipinski definition) is 2. The van der Waals surface area contributed by atoms with Crippen molar-refractivity contribution in [2.24, 2.45) is 32.9 Å². The standard InChI is InChI=1S/C13H14N4O2/c18-10-12-3-6-1-2-7(9(12)15-17-10)4-13(5-12)8(6)14-16-11(13)19/h6-7H,1-5H2,(H,16,19)(H,17,18)/t6-,7-,12-,13+/m0/s1. The van der Waals surface area contributed by atoms with Crippen LogP contribution in [0.25, 0.3) is 0 Å². The molecule has 6 heteroatoms. The van der Waals surface area contributed by atoms with Crippen LogP contribution in [0, 0.1) is 22.7 Å². The Morgan fingerprint density at radius 1 is 0.895 bits per heavy atom. The normalized spacial score (nSPS) is 49.1. The molecule has 4 bridgehead atoms. The van der Waals surface area contributed by atoms with Gasteiger partial charge in [-0.15, -0.1) is 0 Å². The zero-order valence-electron chi connectivity index (χ0n) is 10.4. The first-order valence-corrected chi connectivity index (χ1v) is 6.93. The fourth-order valence-electron chi connectivity index (χ4n) is 5.16. The van der Waals surface area contributed by atoms with Crippen molar-refractivity contribution in [2.45, 2.75) is 32.1 Å². The van der Waals surface area contributed by atoms with Crippen LogP contribution in [0.5, 0.6) is 0 Å². The summed E-state index contributed by atoms with van der Waals surface area (Å²) < 4.78 is 0. The van der Waals surface area contributed by atoms with Crippen molar-refractivity contribution in [3.05, 3.63) is 0 Å². The largest absolute Gasteiger partial charge is 0.272 e.